The molecular weight excluding hydrogens is 307 g/mol. The Morgan fingerprint density at radius 3 is 2.09 bits per heavy atom. The Kier molecular flexibility index (Phi) is 8.06. The average Bonchev–Trinajstić information content (AvgIpc) is 2.34. The molecule has 0 aromatic rings. The highest BCUT2D eigenvalue weighted by Gasteiger charge is 2.36. The Bertz CT molecular complexity index is 466. The number of carbonyl (C=O) groups is 4. The third-order valence-electron chi connectivity index (χ3n) is 3.10. The van der Waals surface area contributed by atoms with Crippen molar-refractivity contribution >= 4 is 23.5 Å². The first-order chi connectivity index (χ1) is 10.3. The summed E-state index contributed by atoms with van der Waals surface area (Å²) in [4.78, 5) is 45.6. The van der Waals surface area contributed by atoms with Crippen LogP contribution < -0.4 is 0 Å². The molecule has 0 unspecified atom stereocenters. The lowest BCUT2D eigenvalue weighted by molar-refractivity contribution is -0.156. The Morgan fingerprint density at radius 2 is 1.70 bits per heavy atom. The molecule has 0 bridgehead atoms. The highest BCUT2D eigenvalue weighted by Crippen LogP contribution is 2.22. The maximum absolute atomic E-state index is 14.2. The molecule has 0 rings (SSSR count). The number of carboxylic acids is 1. The summed E-state index contributed by atoms with van der Waals surface area (Å²) >= 11 is 0. The van der Waals surface area contributed by atoms with E-state index < -0.39 is 41.3 Å². The molecule has 0 spiro atoms. The van der Waals surface area contributed by atoms with Crippen molar-refractivity contribution in [1.82, 2.24) is 0 Å². The molecule has 0 amide bonds. The third kappa shape index (κ3) is 8.42. The van der Waals surface area contributed by atoms with Crippen molar-refractivity contribution in [2.45, 2.75) is 65.7 Å². The first-order valence-corrected chi connectivity index (χ1v) is 7.47. The number of aliphatic carboxylic acids is 1. The summed E-state index contributed by atoms with van der Waals surface area (Å²) in [7, 11) is 0. The summed E-state index contributed by atoms with van der Waals surface area (Å²) in [6.45, 7) is 7.62. The normalized spacial score (nSPS) is 15.4. The molecule has 6 nitrogen and oxygen atoms in total. The molecule has 0 saturated carbocycles. The Hall–Kier alpha value is -1.79. The molecule has 0 aromatic heterocycles. The summed E-state index contributed by atoms with van der Waals surface area (Å²) < 4.78 is 19.2. The van der Waals surface area contributed by atoms with Gasteiger partial charge in [-0.15, -0.1) is 0 Å². The van der Waals surface area contributed by atoms with Crippen molar-refractivity contribution in [3.05, 3.63) is 0 Å². The molecule has 0 aliphatic rings. The molecule has 0 heterocycles. The fraction of sp³-hybridized carbons (Fsp3) is 0.750. The largest absolute Gasteiger partial charge is 0.481 e. The van der Waals surface area contributed by atoms with Gasteiger partial charge in [-0.1, -0.05) is 6.92 Å². The van der Waals surface area contributed by atoms with E-state index in [1.165, 1.54) is 13.8 Å². The lowest BCUT2D eigenvalue weighted by Crippen LogP contribution is -2.36. The van der Waals surface area contributed by atoms with Crippen LogP contribution in [0.5, 0.6) is 0 Å². The zero-order chi connectivity index (χ0) is 18.4. The van der Waals surface area contributed by atoms with Gasteiger partial charge < -0.3 is 14.6 Å². The topological polar surface area (TPSA) is 97.7 Å². The standard InChI is InChI=1S/C16H25FO6/c1-9(8-10(2)18)14(20)13(17)11(15(21)22)6-7-12(19)23-16(3,4)5/h9,11,13H,6-8H2,1-5H3,(H,21,22)/t9-,11-,13+/m1/s1. The van der Waals surface area contributed by atoms with Crippen LogP contribution >= 0.6 is 0 Å². The number of Topliss-reactive ketones (excluding diaryl/α,β-unsaturated/α-hetero) is 2. The maximum Gasteiger partial charge on any atom is 0.309 e. The number of esters is 1. The Balaban J connectivity index is 4.79. The van der Waals surface area contributed by atoms with Gasteiger partial charge in [0.2, 0.25) is 0 Å². The lowest BCUT2D eigenvalue weighted by Gasteiger charge is -2.21. The van der Waals surface area contributed by atoms with Crippen molar-refractivity contribution in [2.24, 2.45) is 11.8 Å². The van der Waals surface area contributed by atoms with Crippen LogP contribution in [0, 0.1) is 11.8 Å². The number of carbonyl (C=O) groups excluding carboxylic acids is 3. The zero-order valence-electron chi connectivity index (χ0n) is 14.2. The van der Waals surface area contributed by atoms with Crippen molar-refractivity contribution < 1.29 is 33.4 Å². The van der Waals surface area contributed by atoms with Crippen LogP contribution in [-0.4, -0.2) is 40.4 Å². The number of hydrogen-bond donors (Lipinski definition) is 1. The summed E-state index contributed by atoms with van der Waals surface area (Å²) in [5, 5.41) is 9.09. The van der Waals surface area contributed by atoms with Crippen LogP contribution in [0.15, 0.2) is 0 Å². The molecule has 0 saturated heterocycles. The minimum absolute atomic E-state index is 0.141. The van der Waals surface area contributed by atoms with Gasteiger partial charge in [-0.25, -0.2) is 4.39 Å². The molecule has 0 aliphatic heterocycles. The summed E-state index contributed by atoms with van der Waals surface area (Å²) in [5.74, 6) is -5.89. The first-order valence-electron chi connectivity index (χ1n) is 7.47. The SMILES string of the molecule is CC(=O)C[C@@H](C)C(=O)[C@@H](F)[C@@H](CCC(=O)OC(C)(C)C)C(=O)O. The second-order valence-electron chi connectivity index (χ2n) is 6.68. The Labute approximate surface area is 135 Å². The van der Waals surface area contributed by atoms with E-state index in [1.54, 1.807) is 20.8 Å². The van der Waals surface area contributed by atoms with Gasteiger partial charge in [0.25, 0.3) is 0 Å². The van der Waals surface area contributed by atoms with Crippen LogP contribution in [0.3, 0.4) is 0 Å². The van der Waals surface area contributed by atoms with Gasteiger partial charge >= 0.3 is 11.9 Å². The van der Waals surface area contributed by atoms with E-state index in [2.05, 4.69) is 0 Å². The minimum atomic E-state index is -2.26. The fourth-order valence-electron chi connectivity index (χ4n) is 2.06. The van der Waals surface area contributed by atoms with E-state index in [4.69, 9.17) is 9.84 Å². The summed E-state index contributed by atoms with van der Waals surface area (Å²) in [6, 6.07) is 0. The van der Waals surface area contributed by atoms with Gasteiger partial charge in [-0.3, -0.25) is 14.4 Å². The molecule has 0 radical (unpaired) electrons. The summed E-state index contributed by atoms with van der Waals surface area (Å²) in [5.41, 5.74) is -0.725. The molecule has 23 heavy (non-hydrogen) atoms. The van der Waals surface area contributed by atoms with Crippen LogP contribution in [0.25, 0.3) is 0 Å². The molecule has 0 aliphatic carbocycles. The molecule has 132 valence electrons. The second kappa shape index (κ2) is 8.74. The monoisotopic (exact) mass is 332 g/mol. The first kappa shape index (κ1) is 21.2. The van der Waals surface area contributed by atoms with Gasteiger partial charge in [0.15, 0.2) is 12.0 Å². The molecule has 0 fully saturated rings. The molecular formula is C16H25FO6. The maximum atomic E-state index is 14.2. The van der Waals surface area contributed by atoms with Crippen molar-refractivity contribution in [2.75, 3.05) is 0 Å². The van der Waals surface area contributed by atoms with Crippen molar-refractivity contribution in [3.8, 4) is 0 Å². The van der Waals surface area contributed by atoms with Gasteiger partial charge in [-0.2, -0.15) is 0 Å². The van der Waals surface area contributed by atoms with Crippen LogP contribution in [-0.2, 0) is 23.9 Å². The van der Waals surface area contributed by atoms with E-state index in [9.17, 15) is 23.6 Å². The Morgan fingerprint density at radius 1 is 1.17 bits per heavy atom. The number of rotatable bonds is 9. The molecule has 1 N–H and O–H groups in total. The van der Waals surface area contributed by atoms with Gasteiger partial charge in [0.05, 0.1) is 5.92 Å². The van der Waals surface area contributed by atoms with Crippen LogP contribution in [0.1, 0.15) is 53.9 Å². The number of halogens is 1. The predicted molar refractivity (Wildman–Crippen MR) is 80.6 cm³/mol. The molecule has 0 aromatic carbocycles. The van der Waals surface area contributed by atoms with E-state index in [0.29, 0.717) is 0 Å². The minimum Gasteiger partial charge on any atom is -0.481 e. The number of hydrogen-bond acceptors (Lipinski definition) is 5. The highest BCUT2D eigenvalue weighted by atomic mass is 19.1. The smallest absolute Gasteiger partial charge is 0.309 e. The van der Waals surface area contributed by atoms with Crippen molar-refractivity contribution in [1.29, 1.82) is 0 Å². The van der Waals surface area contributed by atoms with Crippen LogP contribution in [0.2, 0.25) is 0 Å². The molecule has 3 atom stereocenters. The second-order valence-corrected chi connectivity index (χ2v) is 6.68. The van der Waals surface area contributed by atoms with Crippen molar-refractivity contribution in [3.63, 3.8) is 0 Å². The quantitative estimate of drug-likeness (QED) is 0.651. The molecule has 7 heteroatoms. The van der Waals surface area contributed by atoms with E-state index in [1.807, 2.05) is 0 Å². The van der Waals surface area contributed by atoms with E-state index >= 15 is 0 Å². The van der Waals surface area contributed by atoms with Gasteiger partial charge in [0.1, 0.15) is 11.4 Å². The highest BCUT2D eigenvalue weighted by molar-refractivity contribution is 5.92. The number of carboxylic acid groups (broad SMARTS) is 1. The van der Waals surface area contributed by atoms with Gasteiger partial charge in [0, 0.05) is 18.8 Å². The number of ketones is 2. The summed E-state index contributed by atoms with van der Waals surface area (Å²) in [6.07, 6.45) is -3.05. The average molecular weight is 332 g/mol. The predicted octanol–water partition coefficient (Wildman–Crippen LogP) is 2.33. The fourth-order valence-corrected chi connectivity index (χ4v) is 2.06. The zero-order valence-corrected chi connectivity index (χ0v) is 14.2. The lowest BCUT2D eigenvalue weighted by atomic mass is 9.88. The van der Waals surface area contributed by atoms with E-state index in [-0.39, 0.29) is 25.0 Å². The van der Waals surface area contributed by atoms with E-state index in [0.717, 1.165) is 0 Å². The third-order valence-corrected chi connectivity index (χ3v) is 3.10. The van der Waals surface area contributed by atoms with Crippen LogP contribution in [0.4, 0.5) is 4.39 Å². The van der Waals surface area contributed by atoms with Gasteiger partial charge in [-0.05, 0) is 34.1 Å². The number of ether oxygens (including phenoxy) is 1. The number of alkyl halides is 1.